The van der Waals surface area contributed by atoms with E-state index in [-0.39, 0.29) is 18.8 Å². The Kier molecular flexibility index (Phi) is 6.39. The number of hydrogen-bond donors (Lipinski definition) is 2. The molecule has 2 N–H and O–H groups in total. The van der Waals surface area contributed by atoms with Gasteiger partial charge in [0.25, 0.3) is 0 Å². The first-order valence-corrected chi connectivity index (χ1v) is 7.37. The van der Waals surface area contributed by atoms with Crippen molar-refractivity contribution in [3.8, 4) is 17.2 Å². The molecule has 0 aliphatic carbocycles. The Morgan fingerprint density at radius 3 is 2.20 bits per heavy atom. The number of halogens is 2. The van der Waals surface area contributed by atoms with Crippen LogP contribution in [-0.2, 0) is 0 Å². The maximum atomic E-state index is 13.1. The monoisotopic (exact) mass is 352 g/mol. The molecule has 0 spiro atoms. The molecule has 25 heavy (non-hydrogen) atoms. The Bertz CT molecular complexity index is 718. The fourth-order valence-electron chi connectivity index (χ4n) is 1.95. The number of benzene rings is 2. The number of nitrogens with one attached hydrogen (secondary N) is 2. The molecule has 0 unspecified atom stereocenters. The third-order valence-electron chi connectivity index (χ3n) is 3.16. The van der Waals surface area contributed by atoms with Gasteiger partial charge in [-0.05, 0) is 12.1 Å². The van der Waals surface area contributed by atoms with Gasteiger partial charge in [0.2, 0.25) is 0 Å². The van der Waals surface area contributed by atoms with E-state index < -0.39 is 17.7 Å². The summed E-state index contributed by atoms with van der Waals surface area (Å²) in [7, 11) is 3.06. The number of hydrogen-bond acceptors (Lipinski definition) is 4. The van der Waals surface area contributed by atoms with Crippen molar-refractivity contribution in [2.45, 2.75) is 0 Å². The SMILES string of the molecule is COc1cc(OC)cc(OCCNC(=O)Nc2ccc(F)c(F)c2)c1. The van der Waals surface area contributed by atoms with Crippen LogP contribution in [0.5, 0.6) is 17.2 Å². The highest BCUT2D eigenvalue weighted by Gasteiger charge is 2.06. The number of amides is 2. The predicted molar refractivity (Wildman–Crippen MR) is 88.4 cm³/mol. The van der Waals surface area contributed by atoms with Gasteiger partial charge in [0, 0.05) is 30.0 Å². The Labute approximate surface area is 143 Å². The van der Waals surface area contributed by atoms with Gasteiger partial charge >= 0.3 is 6.03 Å². The molecule has 0 saturated heterocycles. The molecule has 2 aromatic rings. The topological polar surface area (TPSA) is 68.8 Å². The standard InChI is InChI=1S/C17H18F2N2O4/c1-23-12-8-13(24-2)10-14(9-12)25-6-5-20-17(22)21-11-3-4-15(18)16(19)7-11/h3-4,7-10H,5-6H2,1-2H3,(H2,20,21,22). The summed E-state index contributed by atoms with van der Waals surface area (Å²) < 4.78 is 41.6. The second-order valence-corrected chi connectivity index (χ2v) is 4.91. The van der Waals surface area contributed by atoms with Gasteiger partial charge in [0.15, 0.2) is 11.6 Å². The average Bonchev–Trinajstić information content (AvgIpc) is 2.61. The van der Waals surface area contributed by atoms with Crippen LogP contribution in [-0.4, -0.2) is 33.4 Å². The summed E-state index contributed by atoms with van der Waals surface area (Å²) in [6.07, 6.45) is 0. The van der Waals surface area contributed by atoms with Crippen LogP contribution in [0.25, 0.3) is 0 Å². The van der Waals surface area contributed by atoms with E-state index in [1.165, 1.54) is 20.3 Å². The number of carbonyl (C=O) groups excluding carboxylic acids is 1. The first-order chi connectivity index (χ1) is 12.0. The van der Waals surface area contributed by atoms with Gasteiger partial charge in [-0.1, -0.05) is 0 Å². The van der Waals surface area contributed by atoms with E-state index in [4.69, 9.17) is 14.2 Å². The molecule has 0 aliphatic rings. The zero-order valence-corrected chi connectivity index (χ0v) is 13.8. The van der Waals surface area contributed by atoms with Crippen molar-refractivity contribution < 1.29 is 27.8 Å². The minimum absolute atomic E-state index is 0.148. The van der Waals surface area contributed by atoms with Gasteiger partial charge in [-0.3, -0.25) is 0 Å². The van der Waals surface area contributed by atoms with Crippen molar-refractivity contribution in [2.24, 2.45) is 0 Å². The number of anilines is 1. The number of rotatable bonds is 7. The van der Waals surface area contributed by atoms with Gasteiger partial charge in [-0.2, -0.15) is 0 Å². The highest BCUT2D eigenvalue weighted by molar-refractivity contribution is 5.89. The molecule has 0 fully saturated rings. The summed E-state index contributed by atoms with van der Waals surface area (Å²) in [6, 6.07) is 7.61. The molecule has 0 saturated carbocycles. The smallest absolute Gasteiger partial charge is 0.319 e. The Morgan fingerprint density at radius 1 is 0.960 bits per heavy atom. The van der Waals surface area contributed by atoms with E-state index in [1.807, 2.05) is 0 Å². The molecule has 8 heteroatoms. The van der Waals surface area contributed by atoms with Crippen LogP contribution in [0.4, 0.5) is 19.3 Å². The Balaban J connectivity index is 1.78. The average molecular weight is 352 g/mol. The van der Waals surface area contributed by atoms with Crippen LogP contribution in [0.3, 0.4) is 0 Å². The van der Waals surface area contributed by atoms with Crippen LogP contribution >= 0.6 is 0 Å². The lowest BCUT2D eigenvalue weighted by Gasteiger charge is -2.11. The van der Waals surface area contributed by atoms with Gasteiger partial charge in [-0.15, -0.1) is 0 Å². The molecule has 0 aliphatic heterocycles. The van der Waals surface area contributed by atoms with Crippen LogP contribution in [0, 0.1) is 11.6 Å². The lowest BCUT2D eigenvalue weighted by molar-refractivity contribution is 0.247. The van der Waals surface area contributed by atoms with Crippen molar-refractivity contribution in [1.82, 2.24) is 5.32 Å². The molecule has 0 bridgehead atoms. The summed E-state index contributed by atoms with van der Waals surface area (Å²) in [5.41, 5.74) is 0.148. The molecule has 2 amide bonds. The molecule has 0 atom stereocenters. The number of carbonyl (C=O) groups is 1. The largest absolute Gasteiger partial charge is 0.496 e. The second kappa shape index (κ2) is 8.72. The minimum Gasteiger partial charge on any atom is -0.496 e. The highest BCUT2D eigenvalue weighted by Crippen LogP contribution is 2.27. The quantitative estimate of drug-likeness (QED) is 0.751. The van der Waals surface area contributed by atoms with Crippen LogP contribution in [0.2, 0.25) is 0 Å². The first kappa shape index (κ1) is 18.3. The van der Waals surface area contributed by atoms with E-state index >= 15 is 0 Å². The van der Waals surface area contributed by atoms with E-state index in [2.05, 4.69) is 10.6 Å². The Morgan fingerprint density at radius 2 is 1.60 bits per heavy atom. The molecule has 0 heterocycles. The summed E-state index contributed by atoms with van der Waals surface area (Å²) in [4.78, 5) is 11.7. The fourth-order valence-corrected chi connectivity index (χ4v) is 1.95. The molecule has 6 nitrogen and oxygen atoms in total. The summed E-state index contributed by atoms with van der Waals surface area (Å²) in [5, 5.41) is 4.93. The van der Waals surface area contributed by atoms with Crippen molar-refractivity contribution >= 4 is 11.7 Å². The van der Waals surface area contributed by atoms with Gasteiger partial charge in [0.1, 0.15) is 23.9 Å². The third kappa shape index (κ3) is 5.52. The highest BCUT2D eigenvalue weighted by atomic mass is 19.2. The van der Waals surface area contributed by atoms with E-state index in [0.29, 0.717) is 17.2 Å². The molecule has 134 valence electrons. The Hall–Kier alpha value is -3.03. The molecule has 0 radical (unpaired) electrons. The zero-order chi connectivity index (χ0) is 18.2. The lowest BCUT2D eigenvalue weighted by atomic mass is 10.3. The molecular weight excluding hydrogens is 334 g/mol. The predicted octanol–water partition coefficient (Wildman–Crippen LogP) is 3.18. The normalized spacial score (nSPS) is 10.1. The van der Waals surface area contributed by atoms with Crippen LogP contribution in [0.1, 0.15) is 0 Å². The number of ether oxygens (including phenoxy) is 3. The summed E-state index contributed by atoms with van der Waals surface area (Å²) in [5.74, 6) is -0.322. The first-order valence-electron chi connectivity index (χ1n) is 7.37. The van der Waals surface area contributed by atoms with E-state index in [9.17, 15) is 13.6 Å². The van der Waals surface area contributed by atoms with Gasteiger partial charge < -0.3 is 24.8 Å². The van der Waals surface area contributed by atoms with Crippen LogP contribution < -0.4 is 24.8 Å². The summed E-state index contributed by atoms with van der Waals surface area (Å²) in [6.45, 7) is 0.399. The molecular formula is C17H18F2N2O4. The van der Waals surface area contributed by atoms with Gasteiger partial charge in [0.05, 0.1) is 20.8 Å². The van der Waals surface area contributed by atoms with Crippen molar-refractivity contribution in [3.05, 3.63) is 48.0 Å². The van der Waals surface area contributed by atoms with Crippen molar-refractivity contribution in [1.29, 1.82) is 0 Å². The third-order valence-corrected chi connectivity index (χ3v) is 3.16. The second-order valence-electron chi connectivity index (χ2n) is 4.91. The summed E-state index contributed by atoms with van der Waals surface area (Å²) >= 11 is 0. The van der Waals surface area contributed by atoms with Crippen molar-refractivity contribution in [2.75, 3.05) is 32.7 Å². The van der Waals surface area contributed by atoms with Crippen molar-refractivity contribution in [3.63, 3.8) is 0 Å². The fraction of sp³-hybridized carbons (Fsp3) is 0.235. The zero-order valence-electron chi connectivity index (χ0n) is 13.8. The molecule has 2 rings (SSSR count). The maximum Gasteiger partial charge on any atom is 0.319 e. The maximum absolute atomic E-state index is 13.1. The van der Waals surface area contributed by atoms with E-state index in [0.717, 1.165) is 12.1 Å². The minimum atomic E-state index is -1.03. The number of urea groups is 1. The number of methoxy groups -OCH3 is 2. The molecule has 0 aromatic heterocycles. The lowest BCUT2D eigenvalue weighted by Crippen LogP contribution is -2.32. The van der Waals surface area contributed by atoms with Crippen LogP contribution in [0.15, 0.2) is 36.4 Å². The van der Waals surface area contributed by atoms with E-state index in [1.54, 1.807) is 18.2 Å². The molecule has 2 aromatic carbocycles. The van der Waals surface area contributed by atoms with Gasteiger partial charge in [-0.25, -0.2) is 13.6 Å².